The maximum absolute atomic E-state index is 11.8. The van der Waals surface area contributed by atoms with Crippen LogP contribution in [0.25, 0.3) is 0 Å². The van der Waals surface area contributed by atoms with Gasteiger partial charge in [-0.1, -0.05) is 0 Å². The number of anilines is 1. The highest BCUT2D eigenvalue weighted by molar-refractivity contribution is 7.89. The van der Waals surface area contributed by atoms with Crippen molar-refractivity contribution in [2.45, 2.75) is 51.5 Å². The fourth-order valence-electron chi connectivity index (χ4n) is 3.04. The summed E-state index contributed by atoms with van der Waals surface area (Å²) in [4.78, 5) is 0. The van der Waals surface area contributed by atoms with Crippen LogP contribution in [0.4, 0.5) is 5.69 Å². The second kappa shape index (κ2) is 6.59. The first-order valence-electron chi connectivity index (χ1n) is 8.57. The van der Waals surface area contributed by atoms with Gasteiger partial charge in [0.15, 0.2) is 15.6 Å². The van der Waals surface area contributed by atoms with Crippen molar-refractivity contribution >= 4 is 15.5 Å². The number of aliphatic hydroxyl groups is 1. The van der Waals surface area contributed by atoms with Gasteiger partial charge in [0.25, 0.3) is 0 Å². The van der Waals surface area contributed by atoms with E-state index in [0.29, 0.717) is 28.6 Å². The molecule has 1 aliphatic carbocycles. The number of nitrogens with two attached hydrogens (primary N) is 1. The number of hydrogen-bond acceptors (Lipinski definition) is 6. The van der Waals surface area contributed by atoms with Crippen LogP contribution >= 0.6 is 0 Å². The Morgan fingerprint density at radius 3 is 2.38 bits per heavy atom. The van der Waals surface area contributed by atoms with Gasteiger partial charge in [-0.15, -0.1) is 0 Å². The SMILES string of the molecule is Cc1cc(Oc2c(C3CC3)nn(CS(C)(=O)=O)c2C(C)O)cc(C)c1N. The third-order valence-corrected chi connectivity index (χ3v) is 5.19. The van der Waals surface area contributed by atoms with Gasteiger partial charge in [0.1, 0.15) is 23.0 Å². The Balaban J connectivity index is 2.10. The highest BCUT2D eigenvalue weighted by atomic mass is 32.2. The molecule has 1 aromatic heterocycles. The van der Waals surface area contributed by atoms with Crippen LogP contribution in [-0.4, -0.2) is 29.6 Å². The molecule has 3 N–H and O–H groups in total. The predicted octanol–water partition coefficient (Wildman–Crippen LogP) is 2.81. The normalized spacial score (nSPS) is 15.9. The summed E-state index contributed by atoms with van der Waals surface area (Å²) < 4.78 is 31.0. The van der Waals surface area contributed by atoms with Crippen LogP contribution < -0.4 is 10.5 Å². The minimum Gasteiger partial charge on any atom is -0.453 e. The first kappa shape index (κ1) is 18.7. The van der Waals surface area contributed by atoms with Crippen LogP contribution in [0.5, 0.6) is 11.5 Å². The molecule has 1 unspecified atom stereocenters. The Hall–Kier alpha value is -2.06. The molecule has 2 aromatic rings. The molecule has 142 valence electrons. The molecule has 26 heavy (non-hydrogen) atoms. The molecule has 0 bridgehead atoms. The van der Waals surface area contributed by atoms with Crippen molar-refractivity contribution in [3.63, 3.8) is 0 Å². The van der Waals surface area contributed by atoms with Gasteiger partial charge in [-0.2, -0.15) is 5.10 Å². The smallest absolute Gasteiger partial charge is 0.174 e. The van der Waals surface area contributed by atoms with Crippen molar-refractivity contribution in [1.29, 1.82) is 0 Å². The third kappa shape index (κ3) is 3.86. The second-order valence-corrected chi connectivity index (χ2v) is 9.29. The molecule has 0 spiro atoms. The zero-order valence-electron chi connectivity index (χ0n) is 15.5. The highest BCUT2D eigenvalue weighted by Crippen LogP contribution is 2.47. The molecule has 8 heteroatoms. The molecule has 0 radical (unpaired) electrons. The van der Waals surface area contributed by atoms with E-state index in [-0.39, 0.29) is 11.8 Å². The minimum atomic E-state index is -3.32. The summed E-state index contributed by atoms with van der Waals surface area (Å²) in [5.41, 5.74) is 9.60. The molecular formula is C18H25N3O4S. The highest BCUT2D eigenvalue weighted by Gasteiger charge is 2.35. The standard InChI is InChI=1S/C18H25N3O4S/c1-10-7-14(8-11(2)15(10)19)25-18-16(13-5-6-13)20-21(9-26(4,23)24)17(18)12(3)22/h7-8,12-13,22H,5-6,9,19H2,1-4H3. The van der Waals surface area contributed by atoms with Crippen molar-refractivity contribution in [3.8, 4) is 11.5 Å². The van der Waals surface area contributed by atoms with Gasteiger partial charge in [0.05, 0.1) is 6.10 Å². The molecule has 0 saturated heterocycles. The van der Waals surface area contributed by atoms with E-state index >= 15 is 0 Å². The van der Waals surface area contributed by atoms with E-state index in [0.717, 1.165) is 30.2 Å². The van der Waals surface area contributed by atoms with E-state index in [9.17, 15) is 13.5 Å². The summed E-state index contributed by atoms with van der Waals surface area (Å²) in [5, 5.41) is 14.7. The largest absolute Gasteiger partial charge is 0.453 e. The van der Waals surface area contributed by atoms with Gasteiger partial charge >= 0.3 is 0 Å². The zero-order valence-corrected chi connectivity index (χ0v) is 16.3. The molecule has 1 fully saturated rings. The van der Waals surface area contributed by atoms with Crippen molar-refractivity contribution in [2.24, 2.45) is 0 Å². The number of rotatable bonds is 6. The maximum atomic E-state index is 11.8. The van der Waals surface area contributed by atoms with Crippen molar-refractivity contribution in [1.82, 2.24) is 9.78 Å². The molecule has 1 saturated carbocycles. The molecule has 7 nitrogen and oxygen atoms in total. The number of sulfone groups is 1. The summed E-state index contributed by atoms with van der Waals surface area (Å²) in [6.07, 6.45) is 2.18. The molecular weight excluding hydrogens is 354 g/mol. The van der Waals surface area contributed by atoms with Crippen molar-refractivity contribution < 1.29 is 18.3 Å². The number of nitrogen functional groups attached to an aromatic ring is 1. The maximum Gasteiger partial charge on any atom is 0.174 e. The van der Waals surface area contributed by atoms with E-state index in [2.05, 4.69) is 5.10 Å². The Bertz CT molecular complexity index is 921. The Morgan fingerprint density at radius 1 is 1.35 bits per heavy atom. The van der Waals surface area contributed by atoms with Gasteiger partial charge in [0.2, 0.25) is 0 Å². The van der Waals surface area contributed by atoms with Crippen LogP contribution in [0.2, 0.25) is 0 Å². The minimum absolute atomic E-state index is 0.235. The number of benzene rings is 1. The van der Waals surface area contributed by atoms with E-state index < -0.39 is 15.9 Å². The van der Waals surface area contributed by atoms with Gasteiger partial charge in [-0.05, 0) is 56.9 Å². The van der Waals surface area contributed by atoms with E-state index in [1.807, 2.05) is 26.0 Å². The first-order chi connectivity index (χ1) is 12.1. The predicted molar refractivity (Wildman–Crippen MR) is 100 cm³/mol. The zero-order chi connectivity index (χ0) is 19.2. The third-order valence-electron chi connectivity index (χ3n) is 4.48. The molecule has 1 aliphatic rings. The monoisotopic (exact) mass is 379 g/mol. The number of aliphatic hydroxyl groups excluding tert-OH is 1. The molecule has 1 aromatic carbocycles. The van der Waals surface area contributed by atoms with Gasteiger partial charge in [-0.25, -0.2) is 13.1 Å². The lowest BCUT2D eigenvalue weighted by Crippen LogP contribution is -2.14. The Morgan fingerprint density at radius 2 is 1.92 bits per heavy atom. The average molecular weight is 379 g/mol. The van der Waals surface area contributed by atoms with Crippen LogP contribution in [0, 0.1) is 13.8 Å². The van der Waals surface area contributed by atoms with Crippen molar-refractivity contribution in [3.05, 3.63) is 34.6 Å². The van der Waals surface area contributed by atoms with Crippen LogP contribution in [0.3, 0.4) is 0 Å². The average Bonchev–Trinajstić information content (AvgIpc) is 3.27. The quantitative estimate of drug-likeness (QED) is 0.747. The van der Waals surface area contributed by atoms with Gasteiger partial charge < -0.3 is 15.6 Å². The van der Waals surface area contributed by atoms with Gasteiger partial charge in [-0.3, -0.25) is 0 Å². The topological polar surface area (TPSA) is 107 Å². The number of hydrogen-bond donors (Lipinski definition) is 2. The fraction of sp³-hybridized carbons (Fsp3) is 0.500. The first-order valence-corrected chi connectivity index (χ1v) is 10.6. The van der Waals surface area contributed by atoms with Crippen molar-refractivity contribution in [2.75, 3.05) is 12.0 Å². The van der Waals surface area contributed by atoms with Crippen LogP contribution in [-0.2, 0) is 15.7 Å². The molecule has 3 rings (SSSR count). The molecule has 0 aliphatic heterocycles. The van der Waals surface area contributed by atoms with Gasteiger partial charge in [0, 0.05) is 17.9 Å². The lowest BCUT2D eigenvalue weighted by atomic mass is 10.1. The van der Waals surface area contributed by atoms with E-state index in [1.54, 1.807) is 6.92 Å². The van der Waals surface area contributed by atoms with Crippen LogP contribution in [0.1, 0.15) is 54.3 Å². The number of nitrogens with zero attached hydrogens (tertiary/aromatic N) is 2. The fourth-order valence-corrected chi connectivity index (χ4v) is 3.68. The number of ether oxygens (including phenoxy) is 1. The molecule has 1 atom stereocenters. The molecule has 0 amide bonds. The number of aryl methyl sites for hydroxylation is 2. The summed E-state index contributed by atoms with van der Waals surface area (Å²) in [6, 6.07) is 3.66. The lowest BCUT2D eigenvalue weighted by molar-refractivity contribution is 0.185. The summed E-state index contributed by atoms with van der Waals surface area (Å²) >= 11 is 0. The van der Waals surface area contributed by atoms with Crippen LogP contribution in [0.15, 0.2) is 12.1 Å². The lowest BCUT2D eigenvalue weighted by Gasteiger charge is -2.14. The molecule has 1 heterocycles. The second-order valence-electron chi connectivity index (χ2n) is 7.18. The van der Waals surface area contributed by atoms with E-state index in [1.165, 1.54) is 4.68 Å². The Labute approximate surface area is 153 Å². The summed E-state index contributed by atoms with van der Waals surface area (Å²) in [7, 11) is -3.32. The van der Waals surface area contributed by atoms with E-state index in [4.69, 9.17) is 10.5 Å². The Kier molecular flexibility index (Phi) is 4.74. The summed E-state index contributed by atoms with van der Waals surface area (Å²) in [6.45, 7) is 5.39. The number of aromatic nitrogens is 2. The summed E-state index contributed by atoms with van der Waals surface area (Å²) in [5.74, 6) is 0.988.